The lowest BCUT2D eigenvalue weighted by molar-refractivity contribution is -0.166. The Bertz CT molecular complexity index is 1470. The van der Waals surface area contributed by atoms with E-state index >= 15 is 0 Å². The zero-order valence-corrected chi connectivity index (χ0v) is 51.0. The topological polar surface area (TPSA) is 78.9 Å². The third-order valence-electron chi connectivity index (χ3n) is 14.4. The third-order valence-corrected chi connectivity index (χ3v) is 14.4. The lowest BCUT2D eigenvalue weighted by Crippen LogP contribution is -2.30. The monoisotopic (exact) mass is 1070 g/mol. The van der Waals surface area contributed by atoms with E-state index in [9.17, 15) is 14.4 Å². The van der Waals surface area contributed by atoms with Crippen LogP contribution < -0.4 is 0 Å². The summed E-state index contributed by atoms with van der Waals surface area (Å²) < 4.78 is 16.8. The number of allylic oxidation sites excluding steroid dienone is 13. The molecule has 0 N–H and O–H groups in total. The molecule has 0 spiro atoms. The van der Waals surface area contributed by atoms with Gasteiger partial charge in [-0.1, -0.05) is 324 Å². The van der Waals surface area contributed by atoms with Crippen molar-refractivity contribution in [2.75, 3.05) is 13.2 Å². The molecule has 0 saturated heterocycles. The van der Waals surface area contributed by atoms with Gasteiger partial charge in [-0.15, -0.1) is 0 Å². The number of hydrogen-bond acceptors (Lipinski definition) is 6. The first-order chi connectivity index (χ1) is 38.0. The molecular weight excluding hydrogens is 949 g/mol. The fourth-order valence-electron chi connectivity index (χ4n) is 9.50. The minimum absolute atomic E-state index is 0.0946. The maximum absolute atomic E-state index is 12.8. The lowest BCUT2D eigenvalue weighted by Gasteiger charge is -2.18. The number of esters is 3. The number of carbonyl (C=O) groups is 3. The van der Waals surface area contributed by atoms with Crippen LogP contribution in [0.15, 0.2) is 85.1 Å². The van der Waals surface area contributed by atoms with E-state index in [0.29, 0.717) is 12.8 Å². The van der Waals surface area contributed by atoms with Crippen LogP contribution in [0.1, 0.15) is 329 Å². The van der Waals surface area contributed by atoms with Crippen LogP contribution in [0.2, 0.25) is 0 Å². The Morgan fingerprint density at radius 1 is 0.286 bits per heavy atom. The van der Waals surface area contributed by atoms with Crippen LogP contribution in [0.25, 0.3) is 0 Å². The van der Waals surface area contributed by atoms with Crippen molar-refractivity contribution < 1.29 is 28.6 Å². The average molecular weight is 1070 g/mol. The van der Waals surface area contributed by atoms with Crippen LogP contribution in [0.5, 0.6) is 0 Å². The zero-order chi connectivity index (χ0) is 55.7. The highest BCUT2D eigenvalue weighted by Crippen LogP contribution is 2.18. The van der Waals surface area contributed by atoms with Crippen LogP contribution in [-0.4, -0.2) is 37.2 Å². The van der Waals surface area contributed by atoms with Crippen molar-refractivity contribution in [2.45, 2.75) is 335 Å². The SMILES string of the molecule is CC/C=C\C/C=C\C/C=C\C/C=C\C/C=C\CC(=O)OC(COC(=O)CCCCCCC/C=C\C/C=C\CCC)COC(=O)CCCCCCCCCCCCCCCCCCCCCCCCCCCCCCCCC. The summed E-state index contributed by atoms with van der Waals surface area (Å²) in [6.07, 6.45) is 86.6. The van der Waals surface area contributed by atoms with E-state index in [2.05, 4.69) is 93.7 Å². The quantitative estimate of drug-likeness (QED) is 0.0261. The lowest BCUT2D eigenvalue weighted by atomic mass is 10.0. The molecule has 0 aromatic rings. The van der Waals surface area contributed by atoms with Crippen molar-refractivity contribution in [2.24, 2.45) is 0 Å². The molecule has 77 heavy (non-hydrogen) atoms. The third kappa shape index (κ3) is 63.3. The molecule has 0 rings (SSSR count). The molecule has 1 unspecified atom stereocenters. The molecule has 0 fully saturated rings. The van der Waals surface area contributed by atoms with E-state index in [1.165, 1.54) is 186 Å². The second kappa shape index (κ2) is 65.1. The van der Waals surface area contributed by atoms with Crippen LogP contribution in [0, 0.1) is 0 Å². The van der Waals surface area contributed by atoms with Gasteiger partial charge in [-0.05, 0) is 70.6 Å². The summed E-state index contributed by atoms with van der Waals surface area (Å²) in [6, 6.07) is 0. The fraction of sp³-hybridized carbons (Fsp3) is 0.761. The second-order valence-corrected chi connectivity index (χ2v) is 22.0. The molecule has 0 amide bonds. The summed E-state index contributed by atoms with van der Waals surface area (Å²) in [5.41, 5.74) is 0. The first-order valence-electron chi connectivity index (χ1n) is 33.1. The zero-order valence-electron chi connectivity index (χ0n) is 51.0. The number of hydrogen-bond donors (Lipinski definition) is 0. The van der Waals surface area contributed by atoms with Gasteiger partial charge >= 0.3 is 17.9 Å². The predicted molar refractivity (Wildman–Crippen MR) is 334 cm³/mol. The largest absolute Gasteiger partial charge is 0.462 e. The molecule has 0 aliphatic heterocycles. The highest BCUT2D eigenvalue weighted by molar-refractivity contribution is 5.72. The number of rotatable bonds is 60. The Hall–Kier alpha value is -3.41. The first kappa shape index (κ1) is 73.6. The van der Waals surface area contributed by atoms with E-state index in [1.807, 2.05) is 6.08 Å². The maximum atomic E-state index is 12.8. The summed E-state index contributed by atoms with van der Waals surface area (Å²) in [7, 11) is 0. The van der Waals surface area contributed by atoms with Gasteiger partial charge in [0.15, 0.2) is 6.10 Å². The smallest absolute Gasteiger partial charge is 0.310 e. The van der Waals surface area contributed by atoms with Crippen molar-refractivity contribution in [1.29, 1.82) is 0 Å². The van der Waals surface area contributed by atoms with Gasteiger partial charge in [-0.25, -0.2) is 0 Å². The van der Waals surface area contributed by atoms with Crippen molar-refractivity contribution in [1.82, 2.24) is 0 Å². The van der Waals surface area contributed by atoms with Crippen molar-refractivity contribution in [3.8, 4) is 0 Å². The van der Waals surface area contributed by atoms with Crippen LogP contribution in [0.4, 0.5) is 0 Å². The molecule has 0 aliphatic carbocycles. The first-order valence-corrected chi connectivity index (χ1v) is 33.1. The van der Waals surface area contributed by atoms with Crippen molar-refractivity contribution in [3.05, 3.63) is 85.1 Å². The minimum Gasteiger partial charge on any atom is -0.462 e. The predicted octanol–water partition coefficient (Wildman–Crippen LogP) is 22.7. The number of unbranched alkanes of at least 4 members (excludes halogenated alkanes) is 36. The van der Waals surface area contributed by atoms with E-state index < -0.39 is 12.1 Å². The Morgan fingerprint density at radius 3 is 0.909 bits per heavy atom. The minimum atomic E-state index is -0.836. The van der Waals surface area contributed by atoms with E-state index in [4.69, 9.17) is 14.2 Å². The normalized spacial score (nSPS) is 12.6. The molecule has 0 radical (unpaired) electrons. The molecule has 1 atom stereocenters. The second-order valence-electron chi connectivity index (χ2n) is 22.0. The summed E-state index contributed by atoms with van der Waals surface area (Å²) in [4.78, 5) is 38.2. The molecular formula is C71H124O6. The Labute approximate surface area is 477 Å². The molecule has 0 aromatic carbocycles. The van der Waals surface area contributed by atoms with Gasteiger partial charge in [0.1, 0.15) is 13.2 Å². The average Bonchev–Trinajstić information content (AvgIpc) is 3.43. The summed E-state index contributed by atoms with van der Waals surface area (Å²) >= 11 is 0. The van der Waals surface area contributed by atoms with Gasteiger partial charge in [0, 0.05) is 12.8 Å². The highest BCUT2D eigenvalue weighted by atomic mass is 16.6. The Kier molecular flexibility index (Phi) is 62.2. The van der Waals surface area contributed by atoms with Crippen LogP contribution in [-0.2, 0) is 28.6 Å². The summed E-state index contributed by atoms with van der Waals surface area (Å²) in [6.45, 7) is 6.40. The van der Waals surface area contributed by atoms with Gasteiger partial charge in [0.25, 0.3) is 0 Å². The van der Waals surface area contributed by atoms with Gasteiger partial charge in [-0.2, -0.15) is 0 Å². The van der Waals surface area contributed by atoms with Crippen molar-refractivity contribution in [3.63, 3.8) is 0 Å². The van der Waals surface area contributed by atoms with E-state index in [1.54, 1.807) is 6.08 Å². The summed E-state index contributed by atoms with van der Waals surface area (Å²) in [5, 5.41) is 0. The molecule has 444 valence electrons. The number of carbonyl (C=O) groups excluding carboxylic acids is 3. The van der Waals surface area contributed by atoms with Gasteiger partial charge in [0.05, 0.1) is 6.42 Å². The molecule has 0 aliphatic rings. The van der Waals surface area contributed by atoms with E-state index in [-0.39, 0.29) is 31.6 Å². The van der Waals surface area contributed by atoms with Crippen molar-refractivity contribution >= 4 is 17.9 Å². The Morgan fingerprint density at radius 2 is 0.571 bits per heavy atom. The molecule has 0 aromatic heterocycles. The summed E-state index contributed by atoms with van der Waals surface area (Å²) in [5.74, 6) is -1.05. The molecule has 0 bridgehead atoms. The maximum Gasteiger partial charge on any atom is 0.310 e. The van der Waals surface area contributed by atoms with Gasteiger partial charge < -0.3 is 14.2 Å². The van der Waals surface area contributed by atoms with Gasteiger partial charge in [0.2, 0.25) is 0 Å². The molecule has 6 heteroatoms. The fourth-order valence-corrected chi connectivity index (χ4v) is 9.50. The Balaban J connectivity index is 4.19. The van der Waals surface area contributed by atoms with Crippen LogP contribution in [0.3, 0.4) is 0 Å². The molecule has 6 nitrogen and oxygen atoms in total. The molecule has 0 saturated carbocycles. The standard InChI is InChI=1S/C71H124O6/c1-4-7-10-13-16-19-22-25-27-28-29-30-31-32-33-34-35-36-37-38-39-40-41-42-44-46-49-52-55-58-61-64-70(73)76-67-68(66-75-69(72)63-60-57-54-51-48-45-24-21-18-15-12-9-6-3)77-71(74)65-62-59-56-53-50-47-43-26-23-20-17-14-11-8-5-2/h8,11-12,15,17,20-21,24,26,43,50,53,59,62,68H,4-7,9-10,13-14,16,18-19,22-23,25,27-42,44-49,51-52,54-58,60-61,63-67H2,1-3H3/b11-8-,15-12-,20-17-,24-21-,43-26-,53-50-,62-59-. The highest BCUT2D eigenvalue weighted by Gasteiger charge is 2.19. The molecule has 0 heterocycles. The van der Waals surface area contributed by atoms with E-state index in [0.717, 1.165) is 103 Å². The van der Waals surface area contributed by atoms with Crippen LogP contribution >= 0.6 is 0 Å². The van der Waals surface area contributed by atoms with Gasteiger partial charge in [-0.3, -0.25) is 14.4 Å². The number of ether oxygens (including phenoxy) is 3.